The van der Waals surface area contributed by atoms with Gasteiger partial charge >= 0.3 is 6.11 Å². The van der Waals surface area contributed by atoms with Crippen molar-refractivity contribution in [1.82, 2.24) is 0 Å². The monoisotopic (exact) mass is 164 g/mol. The number of aliphatic hydroxyl groups is 1. The number of rotatable bonds is 1. The van der Waals surface area contributed by atoms with E-state index in [-0.39, 0.29) is 0 Å². The molecule has 1 aliphatic carbocycles. The molecule has 0 atom stereocenters. The molecule has 3 heteroatoms. The maximum atomic E-state index is 12.3. The summed E-state index contributed by atoms with van der Waals surface area (Å²) in [5, 5.41) is 8.40. The summed E-state index contributed by atoms with van der Waals surface area (Å²) in [4.78, 5) is 0. The molecule has 0 aromatic carbocycles. The zero-order valence-corrected chi connectivity index (χ0v) is 6.69. The van der Waals surface area contributed by atoms with Gasteiger partial charge in [0.25, 0.3) is 0 Å². The first-order valence-corrected chi connectivity index (χ1v) is 4.10. The van der Waals surface area contributed by atoms with Crippen LogP contribution in [0.3, 0.4) is 0 Å². The first kappa shape index (κ1) is 8.91. The average molecular weight is 164 g/mol. The maximum absolute atomic E-state index is 12.3. The number of hydrogen-bond acceptors (Lipinski definition) is 1. The third-order valence-corrected chi connectivity index (χ3v) is 2.51. The van der Waals surface area contributed by atoms with Crippen molar-refractivity contribution in [3.05, 3.63) is 0 Å². The molecule has 66 valence electrons. The molecule has 0 heterocycles. The van der Waals surface area contributed by atoms with Gasteiger partial charge < -0.3 is 5.11 Å². The molecule has 1 rings (SSSR count). The largest absolute Gasteiger partial charge is 0.356 e. The van der Waals surface area contributed by atoms with E-state index in [1.165, 1.54) is 0 Å². The minimum absolute atomic E-state index is 0.463. The van der Waals surface area contributed by atoms with Crippen molar-refractivity contribution in [2.45, 2.75) is 38.7 Å². The highest BCUT2D eigenvalue weighted by molar-refractivity contribution is 4.74. The van der Waals surface area contributed by atoms with Crippen LogP contribution in [0.1, 0.15) is 32.6 Å². The zero-order valence-electron chi connectivity index (χ0n) is 6.69. The van der Waals surface area contributed by atoms with Crippen molar-refractivity contribution in [1.29, 1.82) is 0 Å². The lowest BCUT2D eigenvalue weighted by Crippen LogP contribution is -2.30. The summed E-state index contributed by atoms with van der Waals surface area (Å²) in [6.07, 6.45) is -0.878. The molecule has 0 amide bonds. The van der Waals surface area contributed by atoms with E-state index >= 15 is 0 Å². The Morgan fingerprint density at radius 1 is 1.18 bits per heavy atom. The van der Waals surface area contributed by atoms with Gasteiger partial charge in [0.2, 0.25) is 0 Å². The maximum Gasteiger partial charge on any atom is 0.356 e. The van der Waals surface area contributed by atoms with E-state index < -0.39 is 12.0 Å². The molecule has 0 spiro atoms. The summed E-state index contributed by atoms with van der Waals surface area (Å²) in [6, 6.07) is 0. The fourth-order valence-corrected chi connectivity index (χ4v) is 1.61. The molecular weight excluding hydrogens is 150 g/mol. The number of hydrogen-bond donors (Lipinski definition) is 1. The lowest BCUT2D eigenvalue weighted by atomic mass is 9.82. The molecule has 1 aliphatic rings. The van der Waals surface area contributed by atoms with Crippen LogP contribution in [0.25, 0.3) is 0 Å². The Balaban J connectivity index is 2.39. The molecule has 0 radical (unpaired) electrons. The van der Waals surface area contributed by atoms with Gasteiger partial charge in [-0.2, -0.15) is 8.78 Å². The fraction of sp³-hybridized carbons (Fsp3) is 1.00. The minimum atomic E-state index is -3.44. The molecule has 0 aromatic rings. The molecule has 1 nitrogen and oxygen atoms in total. The van der Waals surface area contributed by atoms with Crippen LogP contribution in [-0.4, -0.2) is 11.2 Å². The summed E-state index contributed by atoms with van der Waals surface area (Å²) in [6.45, 7) is 2.06. The fourth-order valence-electron chi connectivity index (χ4n) is 1.61. The van der Waals surface area contributed by atoms with E-state index in [9.17, 15) is 8.78 Å². The Bertz CT molecular complexity index is 123. The first-order valence-electron chi connectivity index (χ1n) is 4.10. The standard InChI is InChI=1S/C8H14F2O/c1-6-2-4-7(5-3-6)8(9,10)11/h6-7,11H,2-5H2,1H3. The Hall–Kier alpha value is -0.180. The van der Waals surface area contributed by atoms with E-state index in [4.69, 9.17) is 5.11 Å². The van der Waals surface area contributed by atoms with E-state index in [1.807, 2.05) is 0 Å². The van der Waals surface area contributed by atoms with Crippen molar-refractivity contribution in [3.8, 4) is 0 Å². The van der Waals surface area contributed by atoms with Gasteiger partial charge in [-0.3, -0.25) is 0 Å². The van der Waals surface area contributed by atoms with E-state index in [0.717, 1.165) is 12.8 Å². The van der Waals surface area contributed by atoms with Crippen LogP contribution in [0.5, 0.6) is 0 Å². The molecule has 11 heavy (non-hydrogen) atoms. The summed E-state index contributed by atoms with van der Waals surface area (Å²) >= 11 is 0. The van der Waals surface area contributed by atoms with Crippen molar-refractivity contribution >= 4 is 0 Å². The van der Waals surface area contributed by atoms with Crippen molar-refractivity contribution in [2.75, 3.05) is 0 Å². The van der Waals surface area contributed by atoms with Gasteiger partial charge in [-0.05, 0) is 18.8 Å². The summed E-state index contributed by atoms with van der Waals surface area (Å²) in [5.74, 6) is -0.243. The Morgan fingerprint density at radius 3 is 2.00 bits per heavy atom. The average Bonchev–Trinajstić information content (AvgIpc) is 1.86. The van der Waals surface area contributed by atoms with E-state index in [0.29, 0.717) is 18.8 Å². The highest BCUT2D eigenvalue weighted by atomic mass is 19.3. The van der Waals surface area contributed by atoms with Gasteiger partial charge in [-0.25, -0.2) is 0 Å². The highest BCUT2D eigenvalue weighted by Gasteiger charge is 2.38. The van der Waals surface area contributed by atoms with Crippen LogP contribution < -0.4 is 0 Å². The Morgan fingerprint density at radius 2 is 1.64 bits per heavy atom. The number of alkyl halides is 2. The van der Waals surface area contributed by atoms with Crippen molar-refractivity contribution in [3.63, 3.8) is 0 Å². The first-order chi connectivity index (χ1) is 5.00. The molecule has 0 unspecified atom stereocenters. The molecule has 0 aliphatic heterocycles. The third-order valence-electron chi connectivity index (χ3n) is 2.51. The number of halogens is 2. The third kappa shape index (κ3) is 2.40. The summed E-state index contributed by atoms with van der Waals surface area (Å²) < 4.78 is 24.6. The van der Waals surface area contributed by atoms with Crippen LogP contribution in [-0.2, 0) is 0 Å². The van der Waals surface area contributed by atoms with Crippen molar-refractivity contribution < 1.29 is 13.9 Å². The molecule has 0 aromatic heterocycles. The van der Waals surface area contributed by atoms with Crippen LogP contribution in [0, 0.1) is 11.8 Å². The predicted molar refractivity (Wildman–Crippen MR) is 38.3 cm³/mol. The second-order valence-electron chi connectivity index (χ2n) is 3.54. The lowest BCUT2D eigenvalue weighted by molar-refractivity contribution is -0.244. The lowest BCUT2D eigenvalue weighted by Gasteiger charge is -2.28. The van der Waals surface area contributed by atoms with Gasteiger partial charge in [0.05, 0.1) is 5.92 Å². The quantitative estimate of drug-likeness (QED) is 0.631. The Kier molecular flexibility index (Phi) is 2.47. The van der Waals surface area contributed by atoms with Crippen molar-refractivity contribution in [2.24, 2.45) is 11.8 Å². The molecular formula is C8H14F2O. The normalized spacial score (nSPS) is 33.8. The topological polar surface area (TPSA) is 20.2 Å². The molecule has 1 saturated carbocycles. The smallest absolute Gasteiger partial charge is 0.336 e. The minimum Gasteiger partial charge on any atom is -0.336 e. The van der Waals surface area contributed by atoms with E-state index in [2.05, 4.69) is 6.92 Å². The second kappa shape index (κ2) is 3.05. The zero-order chi connectivity index (χ0) is 8.48. The van der Waals surface area contributed by atoms with Gasteiger partial charge in [0.1, 0.15) is 0 Å². The van der Waals surface area contributed by atoms with Gasteiger partial charge in [0.15, 0.2) is 0 Å². The molecule has 0 bridgehead atoms. The van der Waals surface area contributed by atoms with Gasteiger partial charge in [-0.15, -0.1) is 0 Å². The molecule has 0 saturated heterocycles. The van der Waals surface area contributed by atoms with E-state index in [1.54, 1.807) is 0 Å². The summed E-state index contributed by atoms with van der Waals surface area (Å²) in [5.41, 5.74) is 0. The molecule has 1 fully saturated rings. The van der Waals surface area contributed by atoms with Crippen LogP contribution >= 0.6 is 0 Å². The van der Waals surface area contributed by atoms with Gasteiger partial charge in [0, 0.05) is 0 Å². The van der Waals surface area contributed by atoms with Crippen LogP contribution in [0.15, 0.2) is 0 Å². The SMILES string of the molecule is CC1CCC(C(O)(F)F)CC1. The highest BCUT2D eigenvalue weighted by Crippen LogP contribution is 2.36. The predicted octanol–water partition coefficient (Wildman–Crippen LogP) is 2.40. The summed E-state index contributed by atoms with van der Waals surface area (Å²) in [7, 11) is 0. The Labute approximate surface area is 65.4 Å². The van der Waals surface area contributed by atoms with Crippen LogP contribution in [0.2, 0.25) is 0 Å². The van der Waals surface area contributed by atoms with Gasteiger partial charge in [-0.1, -0.05) is 19.8 Å². The molecule has 1 N–H and O–H groups in total. The van der Waals surface area contributed by atoms with Crippen LogP contribution in [0.4, 0.5) is 8.78 Å². The second-order valence-corrected chi connectivity index (χ2v) is 3.54.